The van der Waals surface area contributed by atoms with E-state index in [1.165, 1.54) is 6.07 Å². The molecule has 0 aliphatic carbocycles. The molecule has 0 aromatic heterocycles. The molecule has 0 bridgehead atoms. The molecule has 2 saturated heterocycles. The van der Waals surface area contributed by atoms with Gasteiger partial charge < -0.3 is 19.5 Å². The number of carbonyl (C=O) groups excluding carboxylic acids is 1. The molecule has 1 amide bonds. The molecule has 1 N–H and O–H groups in total. The normalized spacial score (nSPS) is 29.2. The minimum absolute atomic E-state index is 0.0102. The molecular weight excluding hydrogens is 473 g/mol. The molecule has 37 heavy (non-hydrogen) atoms. The van der Waals surface area contributed by atoms with Gasteiger partial charge in [-0.05, 0) is 58.6 Å². The summed E-state index contributed by atoms with van der Waals surface area (Å²) in [5, 5.41) is 9.42. The number of likely N-dealkylation sites (tertiary alicyclic amines) is 1. The first-order valence-electron chi connectivity index (χ1n) is 13.2. The summed E-state index contributed by atoms with van der Waals surface area (Å²) in [7, 11) is 0. The van der Waals surface area contributed by atoms with Crippen LogP contribution in [-0.4, -0.2) is 47.2 Å². The maximum absolute atomic E-state index is 14.6. The fraction of sp³-hybridized carbons (Fsp3) is 0.533. The van der Waals surface area contributed by atoms with Crippen molar-refractivity contribution in [3.05, 3.63) is 65.5 Å². The molecule has 4 atom stereocenters. The van der Waals surface area contributed by atoms with Crippen LogP contribution in [0.1, 0.15) is 70.1 Å². The number of carboxylic acid groups (broad SMARTS) is 1. The summed E-state index contributed by atoms with van der Waals surface area (Å²) >= 11 is 0. The molecule has 2 aromatic rings. The van der Waals surface area contributed by atoms with Crippen molar-refractivity contribution in [2.24, 2.45) is 11.3 Å². The van der Waals surface area contributed by atoms with E-state index in [0.29, 0.717) is 31.7 Å². The van der Waals surface area contributed by atoms with Gasteiger partial charge in [-0.15, -0.1) is 0 Å². The number of benzene rings is 2. The lowest BCUT2D eigenvalue weighted by atomic mass is 9.63. The van der Waals surface area contributed by atoms with Crippen molar-refractivity contribution >= 4 is 11.9 Å². The highest BCUT2D eigenvalue weighted by atomic mass is 19.1. The summed E-state index contributed by atoms with van der Waals surface area (Å²) in [5.41, 5.74) is -0.563. The Hall–Kier alpha value is -2.93. The Morgan fingerprint density at radius 3 is 2.65 bits per heavy atom. The van der Waals surface area contributed by atoms with Crippen molar-refractivity contribution in [2.45, 2.75) is 70.0 Å². The average Bonchev–Trinajstić information content (AvgIpc) is 2.87. The Morgan fingerprint density at radius 2 is 1.89 bits per heavy atom. The van der Waals surface area contributed by atoms with E-state index in [1.807, 2.05) is 36.1 Å². The standard InChI is InChI=1S/C30H36FNO5/c1-28(2,21-10-5-6-11-23(21)31)27(35)32-16-8-14-30(18-32)17-22-26(36-19-30)20-9-4-7-12-24(20)37-29(22,3)15-13-25(33)34/h4-7,9-12,22,26H,8,13-19H2,1-3H3,(H,33,34)/t22-,26+,29-,30-/m1/s1. The van der Waals surface area contributed by atoms with Gasteiger partial charge in [0, 0.05) is 42.0 Å². The lowest BCUT2D eigenvalue weighted by Gasteiger charge is -2.56. The van der Waals surface area contributed by atoms with Gasteiger partial charge in [-0.25, -0.2) is 4.39 Å². The summed E-state index contributed by atoms with van der Waals surface area (Å²) in [4.78, 5) is 27.1. The lowest BCUT2D eigenvalue weighted by Crippen LogP contribution is -2.58. The monoisotopic (exact) mass is 509 g/mol. The lowest BCUT2D eigenvalue weighted by molar-refractivity contribution is -0.186. The molecule has 0 radical (unpaired) electrons. The van der Waals surface area contributed by atoms with Crippen molar-refractivity contribution in [3.63, 3.8) is 0 Å². The zero-order valence-electron chi connectivity index (χ0n) is 21.8. The number of hydrogen-bond acceptors (Lipinski definition) is 4. The molecule has 3 aliphatic rings. The second-order valence-electron chi connectivity index (χ2n) is 11.8. The minimum Gasteiger partial charge on any atom is -0.487 e. The fourth-order valence-corrected chi connectivity index (χ4v) is 6.73. The van der Waals surface area contributed by atoms with E-state index in [-0.39, 0.29) is 35.6 Å². The second kappa shape index (κ2) is 9.43. The van der Waals surface area contributed by atoms with Gasteiger partial charge in [0.05, 0.1) is 18.1 Å². The summed E-state index contributed by atoms with van der Waals surface area (Å²) in [6.07, 6.45) is 2.72. The Balaban J connectivity index is 1.42. The Kier molecular flexibility index (Phi) is 6.55. The predicted molar refractivity (Wildman–Crippen MR) is 137 cm³/mol. The smallest absolute Gasteiger partial charge is 0.303 e. The molecule has 3 aliphatic heterocycles. The summed E-state index contributed by atoms with van der Waals surface area (Å²) < 4.78 is 27.7. The highest BCUT2D eigenvalue weighted by Gasteiger charge is 2.55. The summed E-state index contributed by atoms with van der Waals surface area (Å²) in [6, 6.07) is 14.3. The molecule has 3 heterocycles. The number of aliphatic carboxylic acids is 1. The Morgan fingerprint density at radius 1 is 1.16 bits per heavy atom. The highest BCUT2D eigenvalue weighted by molar-refractivity contribution is 5.87. The molecule has 7 heteroatoms. The molecule has 2 fully saturated rings. The topological polar surface area (TPSA) is 76.1 Å². The van der Waals surface area contributed by atoms with E-state index < -0.39 is 17.0 Å². The molecule has 198 valence electrons. The SMILES string of the molecule is CC(C)(C(=O)N1CCC[C@]2(CO[C@H]3c4ccccc4O[C@](C)(CCC(=O)O)[C@@H]3C2)C1)c1ccccc1F. The van der Waals surface area contributed by atoms with Crippen LogP contribution in [0.4, 0.5) is 4.39 Å². The average molecular weight is 510 g/mol. The molecule has 6 nitrogen and oxygen atoms in total. The first kappa shape index (κ1) is 25.7. The van der Waals surface area contributed by atoms with Crippen LogP contribution in [0.3, 0.4) is 0 Å². The van der Waals surface area contributed by atoms with Gasteiger partial charge in [-0.1, -0.05) is 36.4 Å². The van der Waals surface area contributed by atoms with Crippen LogP contribution in [0.5, 0.6) is 5.75 Å². The second-order valence-corrected chi connectivity index (χ2v) is 11.8. The maximum Gasteiger partial charge on any atom is 0.303 e. The van der Waals surface area contributed by atoms with Gasteiger partial charge in [0.2, 0.25) is 5.91 Å². The van der Waals surface area contributed by atoms with E-state index in [2.05, 4.69) is 0 Å². The zero-order chi connectivity index (χ0) is 26.4. The van der Waals surface area contributed by atoms with Crippen molar-refractivity contribution < 1.29 is 28.6 Å². The molecule has 5 rings (SSSR count). The third kappa shape index (κ3) is 4.63. The van der Waals surface area contributed by atoms with Crippen LogP contribution in [0, 0.1) is 17.2 Å². The Bertz CT molecular complexity index is 1200. The number of rotatable bonds is 5. The van der Waals surface area contributed by atoms with E-state index in [1.54, 1.807) is 32.0 Å². The van der Waals surface area contributed by atoms with Crippen LogP contribution in [0.2, 0.25) is 0 Å². The van der Waals surface area contributed by atoms with Crippen LogP contribution >= 0.6 is 0 Å². The maximum atomic E-state index is 14.6. The highest BCUT2D eigenvalue weighted by Crippen LogP contribution is 2.56. The summed E-state index contributed by atoms with van der Waals surface area (Å²) in [5.74, 6) is -0.609. The number of para-hydroxylation sites is 1. The van der Waals surface area contributed by atoms with Gasteiger partial charge in [-0.2, -0.15) is 0 Å². The van der Waals surface area contributed by atoms with Crippen molar-refractivity contribution in [3.8, 4) is 5.75 Å². The predicted octanol–water partition coefficient (Wildman–Crippen LogP) is 5.51. The van der Waals surface area contributed by atoms with Gasteiger partial charge in [0.1, 0.15) is 17.2 Å². The number of piperidine rings is 1. The Labute approximate surface area is 217 Å². The first-order chi connectivity index (χ1) is 17.5. The van der Waals surface area contributed by atoms with Gasteiger partial charge in [0.15, 0.2) is 0 Å². The van der Waals surface area contributed by atoms with E-state index in [0.717, 1.165) is 30.6 Å². The quantitative estimate of drug-likeness (QED) is 0.576. The number of carboxylic acids is 1. The third-order valence-corrected chi connectivity index (χ3v) is 8.81. The number of hydrogen-bond donors (Lipinski definition) is 1. The molecule has 0 unspecified atom stereocenters. The third-order valence-electron chi connectivity index (χ3n) is 8.81. The van der Waals surface area contributed by atoms with E-state index in [4.69, 9.17) is 9.47 Å². The van der Waals surface area contributed by atoms with Gasteiger partial charge >= 0.3 is 5.97 Å². The van der Waals surface area contributed by atoms with E-state index in [9.17, 15) is 19.1 Å². The number of amides is 1. The zero-order valence-corrected chi connectivity index (χ0v) is 21.8. The summed E-state index contributed by atoms with van der Waals surface area (Å²) in [6.45, 7) is 7.25. The number of fused-ring (bicyclic) bond motifs is 3. The van der Waals surface area contributed by atoms with Crippen molar-refractivity contribution in [1.29, 1.82) is 0 Å². The molecule has 1 spiro atoms. The van der Waals surface area contributed by atoms with Crippen LogP contribution in [-0.2, 0) is 19.7 Å². The minimum atomic E-state index is -0.995. The van der Waals surface area contributed by atoms with Crippen LogP contribution in [0.15, 0.2) is 48.5 Å². The van der Waals surface area contributed by atoms with Gasteiger partial charge in [-0.3, -0.25) is 9.59 Å². The number of nitrogens with zero attached hydrogens (tertiary/aromatic N) is 1. The number of halogens is 1. The molecule has 0 saturated carbocycles. The van der Waals surface area contributed by atoms with Gasteiger partial charge in [0.25, 0.3) is 0 Å². The van der Waals surface area contributed by atoms with Crippen molar-refractivity contribution in [1.82, 2.24) is 4.90 Å². The largest absolute Gasteiger partial charge is 0.487 e. The van der Waals surface area contributed by atoms with Crippen LogP contribution < -0.4 is 4.74 Å². The van der Waals surface area contributed by atoms with Crippen molar-refractivity contribution in [2.75, 3.05) is 19.7 Å². The van der Waals surface area contributed by atoms with E-state index >= 15 is 0 Å². The van der Waals surface area contributed by atoms with Crippen LogP contribution in [0.25, 0.3) is 0 Å². The fourth-order valence-electron chi connectivity index (χ4n) is 6.73. The number of carbonyl (C=O) groups is 2. The molecular formula is C30H36FNO5. The number of ether oxygens (including phenoxy) is 2. The molecule has 2 aromatic carbocycles. The first-order valence-corrected chi connectivity index (χ1v) is 13.2.